The van der Waals surface area contributed by atoms with Crippen molar-refractivity contribution in [1.82, 2.24) is 16.1 Å². The van der Waals surface area contributed by atoms with Gasteiger partial charge in [0.15, 0.2) is 0 Å². The predicted molar refractivity (Wildman–Crippen MR) is 264 cm³/mol. The second-order valence-corrected chi connectivity index (χ2v) is 16.5. The molecule has 0 bridgehead atoms. The van der Waals surface area contributed by atoms with Crippen LogP contribution >= 0.6 is 34.0 Å². The second-order valence-electron chi connectivity index (χ2n) is 13.1. The molecule has 0 radical (unpaired) electrons. The fourth-order valence-corrected chi connectivity index (χ4v) is 8.63. The summed E-state index contributed by atoms with van der Waals surface area (Å²) in [5.41, 5.74) is 5.92. The molecule has 302 valence electrons. The molecule has 0 aliphatic carbocycles. The minimum Gasteiger partial charge on any atom is -0.461 e. The monoisotopic (exact) mass is 833 g/mol. The summed E-state index contributed by atoms with van der Waals surface area (Å²) in [5.74, 6) is 0.973. The van der Waals surface area contributed by atoms with Crippen molar-refractivity contribution in [2.75, 3.05) is 0 Å². The number of aromatic amines is 1. The van der Waals surface area contributed by atoms with Crippen LogP contribution in [0.4, 0.5) is 0 Å². The Hall–Kier alpha value is -5.83. The van der Waals surface area contributed by atoms with Gasteiger partial charge >= 0.3 is 0 Å². The highest BCUT2D eigenvalue weighted by atomic mass is 32.1. The SMILES string of the molecule is CC.Cc1cc2ccccc2[nH]1.Cc1cc2ccccc2o1.Cc1cc2ccccc2s1.Cc1csc2ccccc12.Cc1nc2ccccc2s1.N.c1ccccc1. The van der Waals surface area contributed by atoms with Gasteiger partial charge in [0.1, 0.15) is 11.3 Å². The van der Waals surface area contributed by atoms with Crippen LogP contribution in [0.1, 0.15) is 40.7 Å². The summed E-state index contributed by atoms with van der Waals surface area (Å²) < 4.78 is 9.42. The second kappa shape index (κ2) is 24.2. The van der Waals surface area contributed by atoms with Crippen molar-refractivity contribution in [3.63, 3.8) is 0 Å². The van der Waals surface area contributed by atoms with E-state index in [1.54, 1.807) is 11.3 Å². The van der Waals surface area contributed by atoms with Crippen LogP contribution in [0, 0.1) is 34.6 Å². The number of benzene rings is 6. The highest BCUT2D eigenvalue weighted by molar-refractivity contribution is 7.19. The molecule has 0 fully saturated rings. The molecule has 0 spiro atoms. The Balaban J connectivity index is 0.000000155. The van der Waals surface area contributed by atoms with Crippen molar-refractivity contribution in [2.24, 2.45) is 0 Å². The van der Waals surface area contributed by atoms with E-state index in [1.807, 2.05) is 141 Å². The number of rotatable bonds is 0. The first kappa shape index (κ1) is 45.9. The van der Waals surface area contributed by atoms with E-state index in [0.29, 0.717) is 0 Å². The van der Waals surface area contributed by atoms with Gasteiger partial charge in [0.2, 0.25) is 0 Å². The molecule has 6 aromatic carbocycles. The molecule has 59 heavy (non-hydrogen) atoms. The van der Waals surface area contributed by atoms with Crippen LogP contribution in [-0.4, -0.2) is 9.97 Å². The lowest BCUT2D eigenvalue weighted by molar-refractivity contribution is 0.578. The van der Waals surface area contributed by atoms with E-state index >= 15 is 0 Å². The number of thiophene rings is 2. The Morgan fingerprint density at radius 2 is 1.07 bits per heavy atom. The number of hydrogen-bond acceptors (Lipinski definition) is 6. The predicted octanol–water partition coefficient (Wildman–Crippen LogP) is 17.1. The third kappa shape index (κ3) is 14.2. The number of aryl methyl sites for hydroxylation is 5. The van der Waals surface area contributed by atoms with Crippen molar-refractivity contribution in [1.29, 1.82) is 0 Å². The molecule has 0 atom stereocenters. The average Bonchev–Trinajstić information content (AvgIpc) is 4.09. The number of furan rings is 1. The molecule has 0 amide bonds. The summed E-state index contributed by atoms with van der Waals surface area (Å²) in [7, 11) is 0. The van der Waals surface area contributed by atoms with Crippen molar-refractivity contribution < 1.29 is 4.42 Å². The number of hydrogen-bond donors (Lipinski definition) is 2. The van der Waals surface area contributed by atoms with Gasteiger partial charge in [-0.25, -0.2) is 4.98 Å². The van der Waals surface area contributed by atoms with Crippen molar-refractivity contribution in [3.8, 4) is 0 Å². The number of fused-ring (bicyclic) bond motifs is 5. The summed E-state index contributed by atoms with van der Waals surface area (Å²) in [5, 5.41) is 8.57. The first-order valence-corrected chi connectivity index (χ1v) is 22.0. The molecule has 11 aromatic rings. The fraction of sp³-hybridized carbons (Fsp3) is 0.135. The summed E-state index contributed by atoms with van der Waals surface area (Å²) >= 11 is 5.41. The maximum absolute atomic E-state index is 5.37. The van der Waals surface area contributed by atoms with E-state index in [1.165, 1.54) is 57.3 Å². The zero-order chi connectivity index (χ0) is 41.1. The topological polar surface area (TPSA) is 76.8 Å². The molecule has 0 saturated carbocycles. The molecule has 0 aliphatic rings. The fourth-order valence-electron chi connectivity index (χ4n) is 5.93. The van der Waals surface area contributed by atoms with Crippen molar-refractivity contribution >= 4 is 86.3 Å². The van der Waals surface area contributed by atoms with Gasteiger partial charge in [0.25, 0.3) is 0 Å². The van der Waals surface area contributed by atoms with Gasteiger partial charge in [-0.05, 0) is 116 Å². The van der Waals surface area contributed by atoms with E-state index in [-0.39, 0.29) is 6.15 Å². The molecule has 4 N–H and O–H groups in total. The highest BCUT2D eigenvalue weighted by Gasteiger charge is 1.98. The number of para-hydroxylation sites is 3. The smallest absolute Gasteiger partial charge is 0.134 e. The summed E-state index contributed by atoms with van der Waals surface area (Å²) in [6.07, 6.45) is 0. The van der Waals surface area contributed by atoms with Crippen LogP contribution in [-0.2, 0) is 0 Å². The molecule has 5 heterocycles. The minimum absolute atomic E-state index is 0. The van der Waals surface area contributed by atoms with E-state index in [0.717, 1.165) is 21.9 Å². The van der Waals surface area contributed by atoms with Gasteiger partial charge in [-0.3, -0.25) is 0 Å². The normalized spacial score (nSPS) is 9.81. The van der Waals surface area contributed by atoms with Crippen molar-refractivity contribution in [2.45, 2.75) is 48.5 Å². The summed E-state index contributed by atoms with van der Waals surface area (Å²) in [6.45, 7) is 14.4. The Labute approximate surface area is 361 Å². The third-order valence-electron chi connectivity index (χ3n) is 8.50. The van der Waals surface area contributed by atoms with Gasteiger partial charge in [-0.2, -0.15) is 0 Å². The molecular weight excluding hydrogens is 779 g/mol. The number of aromatic nitrogens is 2. The Bertz CT molecular complexity index is 2380. The van der Waals surface area contributed by atoms with Crippen LogP contribution in [0.2, 0.25) is 0 Å². The van der Waals surface area contributed by atoms with Gasteiger partial charge in [0, 0.05) is 30.9 Å². The molecular formula is C52H55N3OS3. The lowest BCUT2D eigenvalue weighted by Gasteiger charge is -1.86. The zero-order valence-corrected chi connectivity index (χ0v) is 37.6. The standard InChI is InChI=1S/C9H9N.C9H8O.2C9H8S.C8H7NS.C6H6.C2H6.H3N/c2*1-7-6-8-4-2-3-5-9(8)10-7;1-7-6-10-9-5-3-2-4-8(7)9;1-7-6-8-4-2-3-5-9(8)10-7;1-6-9-7-4-2-3-5-8(7)10-6;1-2-4-6-5-3-1;1-2;/h2-6,10H,1H3;3*2-6H,1H3;2-5H,1H3;1-6H;1-2H3;1H3. The lowest BCUT2D eigenvalue weighted by atomic mass is 10.2. The van der Waals surface area contributed by atoms with Gasteiger partial charge < -0.3 is 15.6 Å². The molecule has 7 heteroatoms. The van der Waals surface area contributed by atoms with Crippen LogP contribution in [0.15, 0.2) is 186 Å². The highest BCUT2D eigenvalue weighted by Crippen LogP contribution is 2.25. The van der Waals surface area contributed by atoms with Crippen molar-refractivity contribution in [3.05, 3.63) is 208 Å². The quantitative estimate of drug-likeness (QED) is 0.160. The average molecular weight is 834 g/mol. The van der Waals surface area contributed by atoms with Gasteiger partial charge in [0.05, 0.1) is 15.2 Å². The molecule has 5 aromatic heterocycles. The Morgan fingerprint density at radius 1 is 0.508 bits per heavy atom. The van der Waals surface area contributed by atoms with Gasteiger partial charge in [-0.1, -0.05) is 135 Å². The summed E-state index contributed by atoms with van der Waals surface area (Å²) in [4.78, 5) is 8.98. The molecule has 11 rings (SSSR count). The summed E-state index contributed by atoms with van der Waals surface area (Å²) in [6, 6.07) is 59.9. The third-order valence-corrected chi connectivity index (χ3v) is 11.6. The molecule has 4 nitrogen and oxygen atoms in total. The van der Waals surface area contributed by atoms with Gasteiger partial charge in [-0.15, -0.1) is 34.0 Å². The first-order valence-electron chi connectivity index (χ1n) is 19.5. The van der Waals surface area contributed by atoms with E-state index in [2.05, 4.69) is 121 Å². The molecule has 0 saturated heterocycles. The Morgan fingerprint density at radius 3 is 1.69 bits per heavy atom. The number of thiazole rings is 1. The maximum atomic E-state index is 5.37. The number of H-pyrrole nitrogens is 1. The zero-order valence-electron chi connectivity index (χ0n) is 35.1. The van der Waals surface area contributed by atoms with Crippen LogP contribution in [0.5, 0.6) is 0 Å². The largest absolute Gasteiger partial charge is 0.461 e. The minimum atomic E-state index is 0. The molecule has 0 unspecified atom stereocenters. The van der Waals surface area contributed by atoms with Crippen LogP contribution in [0.25, 0.3) is 52.3 Å². The number of nitrogens with zero attached hydrogens (tertiary/aromatic N) is 1. The Kier molecular flexibility index (Phi) is 18.8. The van der Waals surface area contributed by atoms with Crippen LogP contribution < -0.4 is 6.15 Å². The van der Waals surface area contributed by atoms with Crippen LogP contribution in [0.3, 0.4) is 0 Å². The van der Waals surface area contributed by atoms with E-state index in [4.69, 9.17) is 4.42 Å². The van der Waals surface area contributed by atoms with E-state index < -0.39 is 0 Å². The molecule has 0 aliphatic heterocycles. The number of nitrogens with one attached hydrogen (secondary N) is 1. The lowest BCUT2D eigenvalue weighted by Crippen LogP contribution is -1.65. The van der Waals surface area contributed by atoms with E-state index in [9.17, 15) is 0 Å². The first-order chi connectivity index (χ1) is 28.3. The maximum Gasteiger partial charge on any atom is 0.134 e.